The molecule has 0 amide bonds. The Kier molecular flexibility index (Phi) is 2.00. The third-order valence-electron chi connectivity index (χ3n) is 1.75. The molecule has 0 unspecified atom stereocenters. The molecule has 1 nitrogen and oxygen atoms in total. The van der Waals surface area contributed by atoms with Gasteiger partial charge in [-0.2, -0.15) is 0 Å². The van der Waals surface area contributed by atoms with Crippen LogP contribution in [-0.2, 0) is 0 Å². The maximum atomic E-state index is 3.37. The smallest absolute Gasteiger partial charge is 0.0826 e. The summed E-state index contributed by atoms with van der Waals surface area (Å²) in [5.41, 5.74) is 2.45. The van der Waals surface area contributed by atoms with E-state index in [2.05, 4.69) is 39.1 Å². The quantitative estimate of drug-likeness (QED) is 0.760. The summed E-state index contributed by atoms with van der Waals surface area (Å²) in [6.45, 7) is 0. The number of aromatic amines is 1. The molecule has 60 valence electrons. The minimum Gasteiger partial charge on any atom is -0.355 e. The third kappa shape index (κ3) is 1.43. The maximum absolute atomic E-state index is 3.37. The lowest BCUT2D eigenvalue weighted by Crippen LogP contribution is -1.69. The Labute approximate surface area is 79.6 Å². The molecule has 2 heteroatoms. The van der Waals surface area contributed by atoms with E-state index in [4.69, 9.17) is 0 Å². The van der Waals surface area contributed by atoms with Gasteiger partial charge in [-0.15, -0.1) is 0 Å². The van der Waals surface area contributed by atoms with Crippen molar-refractivity contribution in [2.45, 2.75) is 0 Å². The Morgan fingerprint density at radius 1 is 1.00 bits per heavy atom. The number of H-pyrrole nitrogens is 1. The number of aromatic nitrogens is 1. The average molecular weight is 222 g/mol. The maximum Gasteiger partial charge on any atom is 0.0826 e. The number of nitrogens with one attached hydrogen (secondary N) is 1. The van der Waals surface area contributed by atoms with Gasteiger partial charge in [-0.05, 0) is 27.6 Å². The van der Waals surface area contributed by atoms with Crippen LogP contribution in [0.25, 0.3) is 11.1 Å². The van der Waals surface area contributed by atoms with E-state index < -0.39 is 0 Å². The highest BCUT2D eigenvalue weighted by molar-refractivity contribution is 9.10. The normalized spacial score (nSPS) is 10.1. The van der Waals surface area contributed by atoms with Crippen LogP contribution in [0.1, 0.15) is 0 Å². The van der Waals surface area contributed by atoms with E-state index in [-0.39, 0.29) is 0 Å². The van der Waals surface area contributed by atoms with Gasteiger partial charge in [-0.1, -0.05) is 30.3 Å². The van der Waals surface area contributed by atoms with Crippen LogP contribution in [0, 0.1) is 0 Å². The Morgan fingerprint density at radius 3 is 2.33 bits per heavy atom. The molecule has 12 heavy (non-hydrogen) atoms. The first kappa shape index (κ1) is 7.62. The van der Waals surface area contributed by atoms with Crippen LogP contribution in [0.5, 0.6) is 0 Å². The fourth-order valence-electron chi connectivity index (χ4n) is 1.16. The van der Waals surface area contributed by atoms with E-state index in [9.17, 15) is 0 Å². The summed E-state index contributed by atoms with van der Waals surface area (Å²) < 4.78 is 1.02. The fourth-order valence-corrected chi connectivity index (χ4v) is 1.52. The van der Waals surface area contributed by atoms with Crippen molar-refractivity contribution in [1.29, 1.82) is 0 Å². The average Bonchev–Trinajstić information content (AvgIpc) is 2.54. The van der Waals surface area contributed by atoms with Gasteiger partial charge in [-0.3, -0.25) is 0 Å². The predicted octanol–water partition coefficient (Wildman–Crippen LogP) is 3.44. The Balaban J connectivity index is 2.45. The van der Waals surface area contributed by atoms with E-state index in [1.165, 1.54) is 11.1 Å². The molecule has 0 bridgehead atoms. The monoisotopic (exact) mass is 221 g/mol. The molecule has 0 fully saturated rings. The van der Waals surface area contributed by atoms with E-state index in [0.717, 1.165) is 4.60 Å². The van der Waals surface area contributed by atoms with Gasteiger partial charge in [0.15, 0.2) is 0 Å². The predicted molar refractivity (Wildman–Crippen MR) is 53.9 cm³/mol. The molecule has 0 saturated carbocycles. The Morgan fingerprint density at radius 2 is 1.75 bits per heavy atom. The highest BCUT2D eigenvalue weighted by atomic mass is 79.9. The molecule has 1 N–H and O–H groups in total. The zero-order valence-corrected chi connectivity index (χ0v) is 8.01. The van der Waals surface area contributed by atoms with Gasteiger partial charge in [-0.25, -0.2) is 0 Å². The molecular weight excluding hydrogens is 214 g/mol. The third-order valence-corrected chi connectivity index (χ3v) is 2.21. The number of hydrogen-bond acceptors (Lipinski definition) is 0. The van der Waals surface area contributed by atoms with E-state index in [0.29, 0.717) is 0 Å². The fraction of sp³-hybridized carbons (Fsp3) is 0. The second-order valence-electron chi connectivity index (χ2n) is 2.60. The van der Waals surface area contributed by atoms with Gasteiger partial charge < -0.3 is 4.98 Å². The lowest BCUT2D eigenvalue weighted by atomic mass is 10.1. The lowest BCUT2D eigenvalue weighted by Gasteiger charge is -1.93. The second kappa shape index (κ2) is 3.15. The molecule has 2 aromatic rings. The SMILES string of the molecule is Brc1cc(-c2ccccc2)c[nH]1. The van der Waals surface area contributed by atoms with Gasteiger partial charge in [0.2, 0.25) is 0 Å². The summed E-state index contributed by atoms with van der Waals surface area (Å²) in [5.74, 6) is 0. The molecule has 2 rings (SSSR count). The molecule has 1 aromatic carbocycles. The van der Waals surface area contributed by atoms with Crippen LogP contribution in [0.3, 0.4) is 0 Å². The van der Waals surface area contributed by atoms with E-state index >= 15 is 0 Å². The summed E-state index contributed by atoms with van der Waals surface area (Å²) in [6, 6.07) is 12.3. The van der Waals surface area contributed by atoms with Crippen molar-refractivity contribution in [3.05, 3.63) is 47.2 Å². The van der Waals surface area contributed by atoms with E-state index in [1.54, 1.807) is 0 Å². The molecule has 0 aliphatic heterocycles. The lowest BCUT2D eigenvalue weighted by molar-refractivity contribution is 1.36. The molecule has 1 aromatic heterocycles. The van der Waals surface area contributed by atoms with Crippen molar-refractivity contribution in [3.63, 3.8) is 0 Å². The van der Waals surface area contributed by atoms with Crippen molar-refractivity contribution in [3.8, 4) is 11.1 Å². The number of rotatable bonds is 1. The first-order valence-electron chi connectivity index (χ1n) is 3.75. The summed E-state index contributed by atoms with van der Waals surface area (Å²) >= 11 is 3.37. The molecule has 0 atom stereocenters. The summed E-state index contributed by atoms with van der Waals surface area (Å²) in [5, 5.41) is 0. The second-order valence-corrected chi connectivity index (χ2v) is 3.46. The minimum absolute atomic E-state index is 1.02. The van der Waals surface area contributed by atoms with Crippen LogP contribution in [0.2, 0.25) is 0 Å². The number of benzene rings is 1. The largest absolute Gasteiger partial charge is 0.355 e. The zero-order chi connectivity index (χ0) is 8.39. The number of hydrogen-bond donors (Lipinski definition) is 1. The van der Waals surface area contributed by atoms with E-state index in [1.807, 2.05) is 24.4 Å². The summed E-state index contributed by atoms with van der Waals surface area (Å²) in [6.07, 6.45) is 1.99. The van der Waals surface area contributed by atoms with Crippen LogP contribution < -0.4 is 0 Å². The summed E-state index contributed by atoms with van der Waals surface area (Å²) in [4.78, 5) is 3.08. The van der Waals surface area contributed by atoms with Crippen LogP contribution >= 0.6 is 15.9 Å². The standard InChI is InChI=1S/C10H8BrN/c11-10-6-9(7-12-10)8-4-2-1-3-5-8/h1-7,12H. The van der Waals surface area contributed by atoms with Gasteiger partial charge in [0, 0.05) is 11.8 Å². The van der Waals surface area contributed by atoms with Crippen molar-refractivity contribution in [1.82, 2.24) is 4.98 Å². The summed E-state index contributed by atoms with van der Waals surface area (Å²) in [7, 11) is 0. The van der Waals surface area contributed by atoms with Gasteiger partial charge in [0.1, 0.15) is 0 Å². The zero-order valence-electron chi connectivity index (χ0n) is 6.42. The molecular formula is C10H8BrN. The molecule has 0 saturated heterocycles. The number of halogens is 1. The van der Waals surface area contributed by atoms with Gasteiger partial charge >= 0.3 is 0 Å². The molecule has 0 aliphatic carbocycles. The molecule has 0 radical (unpaired) electrons. The minimum atomic E-state index is 1.02. The first-order valence-corrected chi connectivity index (χ1v) is 4.55. The van der Waals surface area contributed by atoms with Crippen molar-refractivity contribution in [2.75, 3.05) is 0 Å². The van der Waals surface area contributed by atoms with Crippen LogP contribution in [-0.4, -0.2) is 4.98 Å². The Bertz CT molecular complexity index is 364. The highest BCUT2D eigenvalue weighted by Gasteiger charge is 1.97. The van der Waals surface area contributed by atoms with Gasteiger partial charge in [0.25, 0.3) is 0 Å². The topological polar surface area (TPSA) is 15.8 Å². The molecule has 1 heterocycles. The molecule has 0 aliphatic rings. The molecule has 0 spiro atoms. The Hall–Kier alpha value is -1.02. The van der Waals surface area contributed by atoms with Crippen LogP contribution in [0.4, 0.5) is 0 Å². The van der Waals surface area contributed by atoms with Crippen molar-refractivity contribution < 1.29 is 0 Å². The van der Waals surface area contributed by atoms with Crippen molar-refractivity contribution in [2.24, 2.45) is 0 Å². The van der Waals surface area contributed by atoms with Crippen molar-refractivity contribution >= 4 is 15.9 Å². The van der Waals surface area contributed by atoms with Gasteiger partial charge in [0.05, 0.1) is 4.60 Å². The first-order chi connectivity index (χ1) is 5.86. The highest BCUT2D eigenvalue weighted by Crippen LogP contribution is 2.21. The van der Waals surface area contributed by atoms with Crippen LogP contribution in [0.15, 0.2) is 47.2 Å².